The van der Waals surface area contributed by atoms with Crippen LogP contribution in [0.3, 0.4) is 0 Å². The predicted molar refractivity (Wildman–Crippen MR) is 314 cm³/mol. The summed E-state index contributed by atoms with van der Waals surface area (Å²) < 4.78 is 11.8. The van der Waals surface area contributed by atoms with E-state index in [0.29, 0.717) is 44.3 Å². The Balaban J connectivity index is 4.96. The highest BCUT2D eigenvalue weighted by atomic mass is 16.5. The molecule has 0 rings (SSSR count). The van der Waals surface area contributed by atoms with Crippen LogP contribution in [0.1, 0.15) is 336 Å². The molecule has 2 unspecified atom stereocenters. The van der Waals surface area contributed by atoms with Crippen LogP contribution in [-0.2, 0) is 23.9 Å². The molecule has 8 heteroatoms. The Hall–Kier alpha value is -1.67. The van der Waals surface area contributed by atoms with Crippen molar-refractivity contribution in [3.05, 3.63) is 0 Å². The van der Waals surface area contributed by atoms with Gasteiger partial charge in [-0.05, 0) is 115 Å². The first-order valence-electron chi connectivity index (χ1n) is 32.8. The van der Waals surface area contributed by atoms with Gasteiger partial charge in [-0.3, -0.25) is 14.4 Å². The molecule has 73 heavy (non-hydrogen) atoms. The number of nitrogens with zero attached hydrogens (tertiary/aromatic N) is 2. The summed E-state index contributed by atoms with van der Waals surface area (Å²) in [6, 6.07) is 0. The molecule has 0 bridgehead atoms. The van der Waals surface area contributed by atoms with Gasteiger partial charge in [0.1, 0.15) is 0 Å². The Morgan fingerprint density at radius 1 is 0.329 bits per heavy atom. The molecule has 0 spiro atoms. The minimum atomic E-state index is -0.00231. The third-order valence-corrected chi connectivity index (χ3v) is 15.6. The van der Waals surface area contributed by atoms with Crippen molar-refractivity contribution < 1.29 is 29.0 Å². The molecule has 0 aliphatic heterocycles. The molecule has 1 amide bonds. The quantitative estimate of drug-likeness (QED) is 0.0479. The molecule has 8 nitrogen and oxygen atoms in total. The second-order valence-electron chi connectivity index (χ2n) is 22.8. The van der Waals surface area contributed by atoms with Gasteiger partial charge in [0.2, 0.25) is 5.91 Å². The largest absolute Gasteiger partial charge is 0.465 e. The van der Waals surface area contributed by atoms with Crippen LogP contribution < -0.4 is 0 Å². The first-order chi connectivity index (χ1) is 35.8. The lowest BCUT2D eigenvalue weighted by Crippen LogP contribution is -2.33. The van der Waals surface area contributed by atoms with Crippen LogP contribution in [0.25, 0.3) is 0 Å². The van der Waals surface area contributed by atoms with Crippen LogP contribution in [0.2, 0.25) is 0 Å². The molecule has 0 aliphatic rings. The lowest BCUT2D eigenvalue weighted by atomic mass is 9.95. The first kappa shape index (κ1) is 71.3. The van der Waals surface area contributed by atoms with Gasteiger partial charge >= 0.3 is 11.9 Å². The monoisotopic (exact) mass is 1030 g/mol. The Kier molecular flexibility index (Phi) is 56.7. The summed E-state index contributed by atoms with van der Waals surface area (Å²) in [7, 11) is 0. The van der Waals surface area contributed by atoms with Crippen LogP contribution in [0.4, 0.5) is 0 Å². The molecule has 2 atom stereocenters. The van der Waals surface area contributed by atoms with Crippen molar-refractivity contribution in [1.82, 2.24) is 9.80 Å². The normalized spacial score (nSPS) is 12.4. The number of aliphatic hydroxyl groups excluding tert-OH is 1. The van der Waals surface area contributed by atoms with Crippen LogP contribution in [-0.4, -0.2) is 85.3 Å². The maximum absolute atomic E-state index is 13.4. The summed E-state index contributed by atoms with van der Waals surface area (Å²) in [4.78, 5) is 43.7. The number of carbonyl (C=O) groups is 3. The van der Waals surface area contributed by atoms with Crippen molar-refractivity contribution in [2.45, 2.75) is 336 Å². The maximum atomic E-state index is 13.4. The van der Waals surface area contributed by atoms with E-state index in [9.17, 15) is 19.5 Å². The third-order valence-electron chi connectivity index (χ3n) is 15.6. The van der Waals surface area contributed by atoms with E-state index in [1.165, 1.54) is 212 Å². The van der Waals surface area contributed by atoms with E-state index in [4.69, 9.17) is 9.47 Å². The van der Waals surface area contributed by atoms with Gasteiger partial charge < -0.3 is 24.4 Å². The van der Waals surface area contributed by atoms with E-state index in [1.807, 2.05) is 0 Å². The molecule has 434 valence electrons. The number of hydrogen-bond donors (Lipinski definition) is 1. The second-order valence-corrected chi connectivity index (χ2v) is 22.8. The van der Waals surface area contributed by atoms with Gasteiger partial charge in [0.05, 0.1) is 13.2 Å². The Labute approximate surface area is 455 Å². The SMILES string of the molecule is CCCCCCCCC(CCCCCC)COC(=O)CCCCCCCN(CCCCCCCC(=O)OCC(CCCCCC)CCCCCCCC)CCCCC(=O)N(CCCCO)CCCCCCCC. The Morgan fingerprint density at radius 3 is 0.973 bits per heavy atom. The van der Waals surface area contributed by atoms with Gasteiger partial charge in [0.25, 0.3) is 0 Å². The minimum absolute atomic E-state index is 0.00231. The first-order valence-corrected chi connectivity index (χ1v) is 32.8. The number of amides is 1. The van der Waals surface area contributed by atoms with E-state index in [1.54, 1.807) is 0 Å². The second kappa shape index (κ2) is 58.0. The van der Waals surface area contributed by atoms with Crippen LogP contribution >= 0.6 is 0 Å². The van der Waals surface area contributed by atoms with Gasteiger partial charge in [0, 0.05) is 39.0 Å². The van der Waals surface area contributed by atoms with E-state index in [-0.39, 0.29) is 24.5 Å². The summed E-state index contributed by atoms with van der Waals surface area (Å²) in [5.41, 5.74) is 0. The number of ether oxygens (including phenoxy) is 2. The summed E-state index contributed by atoms with van der Waals surface area (Å²) in [6.07, 6.45) is 54.4. The third kappa shape index (κ3) is 50.9. The zero-order chi connectivity index (χ0) is 53.3. The van der Waals surface area contributed by atoms with Crippen molar-refractivity contribution >= 4 is 17.8 Å². The van der Waals surface area contributed by atoms with Gasteiger partial charge in [0.15, 0.2) is 0 Å². The van der Waals surface area contributed by atoms with Crippen molar-refractivity contribution in [3.8, 4) is 0 Å². The molecule has 0 aromatic heterocycles. The molecular formula is C65H128N2O6. The van der Waals surface area contributed by atoms with Crippen molar-refractivity contribution in [2.75, 3.05) is 52.5 Å². The van der Waals surface area contributed by atoms with Gasteiger partial charge in [-0.25, -0.2) is 0 Å². The maximum Gasteiger partial charge on any atom is 0.305 e. The number of hydrogen-bond acceptors (Lipinski definition) is 7. The van der Waals surface area contributed by atoms with Crippen molar-refractivity contribution in [3.63, 3.8) is 0 Å². The lowest BCUT2D eigenvalue weighted by Gasteiger charge is -2.24. The predicted octanol–water partition coefficient (Wildman–Crippen LogP) is 18.9. The lowest BCUT2D eigenvalue weighted by molar-refractivity contribution is -0.146. The number of carbonyl (C=O) groups excluding carboxylic acids is 3. The van der Waals surface area contributed by atoms with E-state index in [2.05, 4.69) is 44.4 Å². The number of unbranched alkanes of at least 4 members (excludes halogenated alkanes) is 31. The summed E-state index contributed by atoms with van der Waals surface area (Å²) in [6.45, 7) is 17.6. The average Bonchev–Trinajstić information content (AvgIpc) is 3.39. The van der Waals surface area contributed by atoms with Crippen molar-refractivity contribution in [2.24, 2.45) is 11.8 Å². The highest BCUT2D eigenvalue weighted by Gasteiger charge is 2.16. The highest BCUT2D eigenvalue weighted by molar-refractivity contribution is 5.76. The molecule has 0 aliphatic carbocycles. The van der Waals surface area contributed by atoms with E-state index in [0.717, 1.165) is 103 Å². The highest BCUT2D eigenvalue weighted by Crippen LogP contribution is 2.22. The molecule has 0 saturated carbocycles. The zero-order valence-electron chi connectivity index (χ0n) is 49.9. The number of esters is 2. The van der Waals surface area contributed by atoms with Gasteiger partial charge in [-0.15, -0.1) is 0 Å². The van der Waals surface area contributed by atoms with Crippen LogP contribution in [0.5, 0.6) is 0 Å². The van der Waals surface area contributed by atoms with Crippen LogP contribution in [0.15, 0.2) is 0 Å². The van der Waals surface area contributed by atoms with E-state index < -0.39 is 0 Å². The molecule has 0 saturated heterocycles. The molecule has 0 fully saturated rings. The summed E-state index contributed by atoms with van der Waals surface area (Å²) in [5.74, 6) is 1.32. The smallest absolute Gasteiger partial charge is 0.305 e. The fraction of sp³-hybridized carbons (Fsp3) is 0.954. The average molecular weight is 1030 g/mol. The van der Waals surface area contributed by atoms with Gasteiger partial charge in [-0.2, -0.15) is 0 Å². The molecule has 0 heterocycles. The zero-order valence-corrected chi connectivity index (χ0v) is 49.9. The molecule has 0 radical (unpaired) electrons. The Morgan fingerprint density at radius 2 is 0.603 bits per heavy atom. The summed E-state index contributed by atoms with van der Waals surface area (Å²) in [5, 5.41) is 9.38. The fourth-order valence-electron chi connectivity index (χ4n) is 10.6. The van der Waals surface area contributed by atoms with Gasteiger partial charge in [-0.1, -0.05) is 234 Å². The minimum Gasteiger partial charge on any atom is -0.465 e. The molecule has 0 aromatic carbocycles. The molecule has 1 N–H and O–H groups in total. The van der Waals surface area contributed by atoms with E-state index >= 15 is 0 Å². The number of rotatable bonds is 60. The van der Waals surface area contributed by atoms with Crippen molar-refractivity contribution in [1.29, 1.82) is 0 Å². The van der Waals surface area contributed by atoms with Crippen LogP contribution in [0, 0.1) is 11.8 Å². The summed E-state index contributed by atoms with van der Waals surface area (Å²) >= 11 is 0. The Bertz CT molecular complexity index is 1090. The number of aliphatic hydroxyl groups is 1. The topological polar surface area (TPSA) is 96.4 Å². The molecular weight excluding hydrogens is 905 g/mol. The molecule has 0 aromatic rings. The standard InChI is InChI=1S/C65H128N2O6/c1-6-11-16-21-26-35-48-61(46-33-19-14-9-4)59-72-64(70)51-37-28-24-30-40-53-66(55-43-39-50-63(69)67(57-44-45-58-68)56-42-32-23-18-13-8-3)54-41-31-25-29-38-52-65(71)73-60-62(47-34-20-15-10-5)49-36-27-22-17-12-7-2/h61-62,68H,6-60H2,1-5H3. The fourth-order valence-corrected chi connectivity index (χ4v) is 10.6.